The number of carbonyl (C=O) groups excluding carboxylic acids is 2. The molecule has 33 heavy (non-hydrogen) atoms. The van der Waals surface area contributed by atoms with E-state index in [1.165, 1.54) is 22.2 Å². The quantitative estimate of drug-likeness (QED) is 0.336. The van der Waals surface area contributed by atoms with Crippen molar-refractivity contribution in [3.63, 3.8) is 0 Å². The number of hydrogen-bond acceptors (Lipinski definition) is 6. The van der Waals surface area contributed by atoms with Crippen molar-refractivity contribution in [2.45, 2.75) is 24.5 Å². The van der Waals surface area contributed by atoms with Gasteiger partial charge in [-0.05, 0) is 47.7 Å². The number of primary amides is 1. The van der Waals surface area contributed by atoms with E-state index >= 15 is 0 Å². The zero-order valence-electron chi connectivity index (χ0n) is 17.8. The van der Waals surface area contributed by atoms with E-state index in [0.717, 1.165) is 23.9 Å². The largest absolute Gasteiger partial charge is 0.366 e. The first-order valence-electron chi connectivity index (χ1n) is 10.4. The highest BCUT2D eigenvalue weighted by atomic mass is 32.2. The molecule has 0 unspecified atom stereocenters. The molecule has 0 bridgehead atoms. The lowest BCUT2D eigenvalue weighted by molar-refractivity contribution is -0.113. The average Bonchev–Trinajstić information content (AvgIpc) is 3.47. The highest BCUT2D eigenvalue weighted by Crippen LogP contribution is 2.22. The second-order valence-corrected chi connectivity index (χ2v) is 9.30. The second-order valence-electron chi connectivity index (χ2n) is 7.32. The van der Waals surface area contributed by atoms with Crippen LogP contribution in [0.2, 0.25) is 0 Å². The lowest BCUT2D eigenvalue weighted by Crippen LogP contribution is -2.16. The van der Waals surface area contributed by atoms with Crippen LogP contribution in [-0.2, 0) is 24.2 Å². The molecule has 2 aromatic carbocycles. The van der Waals surface area contributed by atoms with Gasteiger partial charge in [0.25, 0.3) is 0 Å². The van der Waals surface area contributed by atoms with Gasteiger partial charge in [0.05, 0.1) is 5.75 Å². The Hall–Kier alpha value is -3.43. The number of rotatable bonds is 10. The van der Waals surface area contributed by atoms with E-state index in [1.807, 2.05) is 24.3 Å². The maximum atomic E-state index is 12.5. The molecule has 7 nitrogen and oxygen atoms in total. The van der Waals surface area contributed by atoms with Crippen LogP contribution in [0.3, 0.4) is 0 Å². The predicted octanol–water partition coefficient (Wildman–Crippen LogP) is 4.00. The summed E-state index contributed by atoms with van der Waals surface area (Å²) in [7, 11) is 0. The van der Waals surface area contributed by atoms with E-state index in [2.05, 4.69) is 43.7 Å². The molecule has 0 saturated carbocycles. The Morgan fingerprint density at radius 2 is 1.79 bits per heavy atom. The van der Waals surface area contributed by atoms with E-state index in [4.69, 9.17) is 5.73 Å². The van der Waals surface area contributed by atoms with Gasteiger partial charge in [-0.25, -0.2) is 0 Å². The van der Waals surface area contributed by atoms with E-state index in [9.17, 15) is 9.59 Å². The lowest BCUT2D eigenvalue weighted by atomic mass is 10.1. The second kappa shape index (κ2) is 10.9. The number of aryl methyl sites for hydroxylation is 1. The summed E-state index contributed by atoms with van der Waals surface area (Å²) >= 11 is 3.05. The van der Waals surface area contributed by atoms with Gasteiger partial charge in [-0.15, -0.1) is 21.5 Å². The number of nitrogens with two attached hydrogens (primary N) is 1. The highest BCUT2D eigenvalue weighted by Gasteiger charge is 2.15. The maximum Gasteiger partial charge on any atom is 0.248 e. The summed E-state index contributed by atoms with van der Waals surface area (Å²) in [5, 5.41) is 14.4. The Morgan fingerprint density at radius 3 is 2.48 bits per heavy atom. The van der Waals surface area contributed by atoms with E-state index < -0.39 is 5.91 Å². The van der Waals surface area contributed by atoms with Crippen LogP contribution in [0.1, 0.15) is 26.6 Å². The zero-order chi connectivity index (χ0) is 23.0. The first-order valence-corrected chi connectivity index (χ1v) is 12.3. The van der Waals surface area contributed by atoms with E-state index in [-0.39, 0.29) is 11.7 Å². The molecule has 2 aromatic heterocycles. The molecule has 0 radical (unpaired) electrons. The molecule has 2 heterocycles. The number of benzene rings is 2. The van der Waals surface area contributed by atoms with Crippen molar-refractivity contribution in [2.75, 3.05) is 11.1 Å². The van der Waals surface area contributed by atoms with Crippen molar-refractivity contribution in [3.05, 3.63) is 93.9 Å². The fourth-order valence-corrected chi connectivity index (χ4v) is 4.77. The number of aromatic nitrogens is 3. The molecule has 0 fully saturated rings. The molecule has 0 aliphatic carbocycles. The molecule has 168 valence electrons. The van der Waals surface area contributed by atoms with E-state index in [1.54, 1.807) is 35.6 Å². The third-order valence-electron chi connectivity index (χ3n) is 4.96. The van der Waals surface area contributed by atoms with Crippen molar-refractivity contribution < 1.29 is 9.59 Å². The summed E-state index contributed by atoms with van der Waals surface area (Å²) < 4.78 is 2.10. The fraction of sp³-hybridized carbons (Fsp3) is 0.167. The van der Waals surface area contributed by atoms with Crippen molar-refractivity contribution in [3.8, 4) is 0 Å². The summed E-state index contributed by atoms with van der Waals surface area (Å²) in [6.45, 7) is 0.732. The van der Waals surface area contributed by atoms with Crippen LogP contribution in [0.5, 0.6) is 0 Å². The van der Waals surface area contributed by atoms with Crippen molar-refractivity contribution in [1.82, 2.24) is 14.8 Å². The topological polar surface area (TPSA) is 103 Å². The number of amides is 2. The van der Waals surface area contributed by atoms with Crippen LogP contribution in [0.15, 0.2) is 77.3 Å². The van der Waals surface area contributed by atoms with Gasteiger partial charge in [0, 0.05) is 29.1 Å². The summed E-state index contributed by atoms with van der Waals surface area (Å²) in [6, 6.07) is 20.9. The number of carbonyl (C=O) groups is 2. The number of anilines is 1. The number of thiophene rings is 1. The van der Waals surface area contributed by atoms with Gasteiger partial charge in [0.2, 0.25) is 11.8 Å². The van der Waals surface area contributed by atoms with Crippen LogP contribution < -0.4 is 11.1 Å². The normalized spacial score (nSPS) is 10.8. The lowest BCUT2D eigenvalue weighted by Gasteiger charge is -2.10. The first-order chi connectivity index (χ1) is 16.1. The van der Waals surface area contributed by atoms with Gasteiger partial charge in [-0.3, -0.25) is 9.59 Å². The fourth-order valence-electron chi connectivity index (χ4n) is 3.28. The maximum absolute atomic E-state index is 12.5. The third-order valence-corrected chi connectivity index (χ3v) is 6.80. The summed E-state index contributed by atoms with van der Waals surface area (Å²) in [5.74, 6) is 0.416. The average molecular weight is 478 g/mol. The number of hydrogen-bond donors (Lipinski definition) is 2. The van der Waals surface area contributed by atoms with Gasteiger partial charge < -0.3 is 15.6 Å². The standard InChI is InChI=1S/C24H23N5O2S2/c25-23(31)18-8-10-19(11-9-18)26-22(30)16-33-24-28-27-21(15-20-7-4-14-32-20)29(24)13-12-17-5-2-1-3-6-17/h1-11,14H,12-13,15-16H2,(H2,25,31)(H,26,30). The number of nitrogens with zero attached hydrogens (tertiary/aromatic N) is 3. The van der Waals surface area contributed by atoms with Crippen LogP contribution >= 0.6 is 23.1 Å². The van der Waals surface area contributed by atoms with Crippen LogP contribution in [-0.4, -0.2) is 32.3 Å². The molecule has 0 spiro atoms. The van der Waals surface area contributed by atoms with Gasteiger partial charge in [-0.1, -0.05) is 48.2 Å². The number of nitrogens with one attached hydrogen (secondary N) is 1. The van der Waals surface area contributed by atoms with Crippen LogP contribution in [0.4, 0.5) is 5.69 Å². The third kappa shape index (κ3) is 6.30. The minimum atomic E-state index is -0.503. The zero-order valence-corrected chi connectivity index (χ0v) is 19.4. The highest BCUT2D eigenvalue weighted by molar-refractivity contribution is 7.99. The minimum Gasteiger partial charge on any atom is -0.366 e. The van der Waals surface area contributed by atoms with Gasteiger partial charge in [0.15, 0.2) is 5.16 Å². The molecule has 9 heteroatoms. The molecule has 0 atom stereocenters. The summed E-state index contributed by atoms with van der Waals surface area (Å²) in [6.07, 6.45) is 1.56. The smallest absolute Gasteiger partial charge is 0.248 e. The predicted molar refractivity (Wildman–Crippen MR) is 132 cm³/mol. The number of thioether (sulfide) groups is 1. The Labute approximate surface area is 200 Å². The first kappa shape index (κ1) is 22.8. The van der Waals surface area contributed by atoms with Gasteiger partial charge in [0.1, 0.15) is 5.82 Å². The van der Waals surface area contributed by atoms with Crippen molar-refractivity contribution >= 4 is 40.6 Å². The molecule has 4 aromatic rings. The molecule has 0 saturated heterocycles. The molecule has 2 amide bonds. The van der Waals surface area contributed by atoms with Crippen LogP contribution in [0, 0.1) is 0 Å². The Morgan fingerprint density at radius 1 is 1.00 bits per heavy atom. The monoisotopic (exact) mass is 477 g/mol. The molecular weight excluding hydrogens is 454 g/mol. The Kier molecular flexibility index (Phi) is 7.54. The molecule has 3 N–H and O–H groups in total. The van der Waals surface area contributed by atoms with Crippen molar-refractivity contribution in [2.24, 2.45) is 5.73 Å². The molecule has 0 aliphatic heterocycles. The molecular formula is C24H23N5O2S2. The molecule has 0 aliphatic rings. The summed E-state index contributed by atoms with van der Waals surface area (Å²) in [4.78, 5) is 24.9. The van der Waals surface area contributed by atoms with E-state index in [0.29, 0.717) is 17.7 Å². The van der Waals surface area contributed by atoms with Gasteiger partial charge in [-0.2, -0.15) is 0 Å². The van der Waals surface area contributed by atoms with Gasteiger partial charge >= 0.3 is 0 Å². The SMILES string of the molecule is NC(=O)c1ccc(NC(=O)CSc2nnc(Cc3cccs3)n2CCc2ccccc2)cc1. The minimum absolute atomic E-state index is 0.163. The molecule has 4 rings (SSSR count). The van der Waals surface area contributed by atoms with Crippen molar-refractivity contribution in [1.29, 1.82) is 0 Å². The summed E-state index contributed by atoms with van der Waals surface area (Å²) in [5.41, 5.74) is 7.49. The van der Waals surface area contributed by atoms with Crippen LogP contribution in [0.25, 0.3) is 0 Å². The Bertz CT molecular complexity index is 1210. The Balaban J connectivity index is 1.42.